The van der Waals surface area contributed by atoms with Crippen LogP contribution >= 0.6 is 0 Å². The highest BCUT2D eigenvalue weighted by Gasteiger charge is 2.13. The van der Waals surface area contributed by atoms with E-state index in [0.717, 1.165) is 11.1 Å². The number of H-pyrrole nitrogens is 1. The minimum Gasteiger partial charge on any atom is -0.493 e. The second-order valence-electron chi connectivity index (χ2n) is 3.36. The normalized spacial score (nSPS) is 9.71. The molecule has 0 aliphatic rings. The molecule has 0 aliphatic heterocycles. The lowest BCUT2D eigenvalue weighted by atomic mass is 10.1. The molecule has 5 heteroatoms. The molecule has 0 saturated carbocycles. The molecule has 0 bridgehead atoms. The fourth-order valence-corrected chi connectivity index (χ4v) is 1.62. The molecular weight excluding hydrogens is 218 g/mol. The van der Waals surface area contributed by atoms with Gasteiger partial charge in [-0.15, -0.1) is 0 Å². The number of hydrogen-bond donors (Lipinski definition) is 1. The van der Waals surface area contributed by atoms with Gasteiger partial charge < -0.3 is 9.47 Å². The van der Waals surface area contributed by atoms with E-state index in [4.69, 9.17) is 14.7 Å². The Morgan fingerprint density at radius 2 is 2.06 bits per heavy atom. The van der Waals surface area contributed by atoms with E-state index in [1.807, 2.05) is 6.07 Å². The van der Waals surface area contributed by atoms with E-state index < -0.39 is 0 Å². The topological polar surface area (TPSA) is 70.9 Å². The van der Waals surface area contributed by atoms with E-state index in [1.165, 1.54) is 14.2 Å². The summed E-state index contributed by atoms with van der Waals surface area (Å²) >= 11 is 0. The fraction of sp³-hybridized carbons (Fsp3) is 0.167. The van der Waals surface area contributed by atoms with Crippen molar-refractivity contribution < 1.29 is 9.47 Å². The van der Waals surface area contributed by atoms with Crippen LogP contribution in [0, 0.1) is 11.3 Å². The van der Waals surface area contributed by atoms with Gasteiger partial charge in [0.05, 0.1) is 26.0 Å². The largest absolute Gasteiger partial charge is 0.493 e. The van der Waals surface area contributed by atoms with Gasteiger partial charge in [0.15, 0.2) is 11.5 Å². The monoisotopic (exact) mass is 229 g/mol. The van der Waals surface area contributed by atoms with Gasteiger partial charge in [-0.25, -0.2) is 0 Å². The molecule has 2 aromatic rings. The maximum absolute atomic E-state index is 9.08. The highest BCUT2D eigenvalue weighted by atomic mass is 16.5. The van der Waals surface area contributed by atoms with Crippen LogP contribution in [-0.2, 0) is 0 Å². The summed E-state index contributed by atoms with van der Waals surface area (Å²) in [4.78, 5) is 0. The molecule has 1 N–H and O–H groups in total. The Bertz CT molecular complexity index is 556. The average molecular weight is 229 g/mol. The summed E-state index contributed by atoms with van der Waals surface area (Å²) < 4.78 is 10.4. The van der Waals surface area contributed by atoms with Crippen molar-refractivity contribution in [3.63, 3.8) is 0 Å². The molecule has 1 heterocycles. The predicted molar refractivity (Wildman–Crippen MR) is 61.8 cm³/mol. The standard InChI is InChI=1S/C12H11N3O2/c1-16-11-4-8(10-6-14-15-7-10)3-9(5-13)12(11)17-2/h3-4,6-7H,1-2H3,(H,14,15). The summed E-state index contributed by atoms with van der Waals surface area (Å²) in [6.45, 7) is 0. The molecule has 0 amide bonds. The predicted octanol–water partition coefficient (Wildman–Crippen LogP) is 1.97. The number of ether oxygens (including phenoxy) is 2. The van der Waals surface area contributed by atoms with Crippen LogP contribution in [0.5, 0.6) is 11.5 Å². The first-order valence-corrected chi connectivity index (χ1v) is 4.95. The number of nitrogens with one attached hydrogen (secondary N) is 1. The highest BCUT2D eigenvalue weighted by Crippen LogP contribution is 2.35. The number of rotatable bonds is 3. The molecule has 0 unspecified atom stereocenters. The maximum atomic E-state index is 9.08. The van der Waals surface area contributed by atoms with Gasteiger partial charge in [0.1, 0.15) is 6.07 Å². The molecule has 0 aliphatic carbocycles. The molecule has 1 aromatic heterocycles. The summed E-state index contributed by atoms with van der Waals surface area (Å²) in [6, 6.07) is 5.64. The third-order valence-corrected chi connectivity index (χ3v) is 2.43. The molecule has 1 aromatic carbocycles. The van der Waals surface area contributed by atoms with Crippen LogP contribution in [0.1, 0.15) is 5.56 Å². The lowest BCUT2D eigenvalue weighted by Gasteiger charge is -2.10. The molecule has 17 heavy (non-hydrogen) atoms. The van der Waals surface area contributed by atoms with Crippen molar-refractivity contribution in [3.8, 4) is 28.7 Å². The van der Waals surface area contributed by atoms with Crippen molar-refractivity contribution in [1.29, 1.82) is 5.26 Å². The third-order valence-electron chi connectivity index (χ3n) is 2.43. The molecule has 0 saturated heterocycles. The fourth-order valence-electron chi connectivity index (χ4n) is 1.62. The maximum Gasteiger partial charge on any atom is 0.178 e. The van der Waals surface area contributed by atoms with Crippen LogP contribution in [0.15, 0.2) is 24.5 Å². The number of methoxy groups -OCH3 is 2. The van der Waals surface area contributed by atoms with Crippen LogP contribution < -0.4 is 9.47 Å². The Morgan fingerprint density at radius 3 is 2.59 bits per heavy atom. The Morgan fingerprint density at radius 1 is 1.24 bits per heavy atom. The Labute approximate surface area is 98.6 Å². The number of aromatic nitrogens is 2. The minimum atomic E-state index is 0.433. The van der Waals surface area contributed by atoms with Gasteiger partial charge >= 0.3 is 0 Å². The minimum absolute atomic E-state index is 0.433. The van der Waals surface area contributed by atoms with Gasteiger partial charge in [-0.3, -0.25) is 5.10 Å². The highest BCUT2D eigenvalue weighted by molar-refractivity contribution is 5.70. The second-order valence-corrected chi connectivity index (χ2v) is 3.36. The van der Waals surface area contributed by atoms with E-state index >= 15 is 0 Å². The van der Waals surface area contributed by atoms with Gasteiger partial charge in [0.2, 0.25) is 0 Å². The summed E-state index contributed by atoms with van der Waals surface area (Å²) in [6.07, 6.45) is 3.44. The van der Waals surface area contributed by atoms with E-state index in [0.29, 0.717) is 17.1 Å². The van der Waals surface area contributed by atoms with Crippen LogP contribution in [0.3, 0.4) is 0 Å². The smallest absolute Gasteiger partial charge is 0.178 e. The van der Waals surface area contributed by atoms with E-state index in [1.54, 1.807) is 18.5 Å². The van der Waals surface area contributed by atoms with Crippen molar-refractivity contribution in [3.05, 3.63) is 30.1 Å². The Balaban J connectivity index is 2.62. The molecule has 5 nitrogen and oxygen atoms in total. The van der Waals surface area contributed by atoms with E-state index in [2.05, 4.69) is 16.3 Å². The molecule has 0 atom stereocenters. The zero-order valence-electron chi connectivity index (χ0n) is 9.52. The number of hydrogen-bond acceptors (Lipinski definition) is 4. The van der Waals surface area contributed by atoms with Crippen molar-refractivity contribution in [1.82, 2.24) is 10.2 Å². The SMILES string of the molecule is COc1cc(-c2cn[nH]c2)cc(C#N)c1OC. The zero-order chi connectivity index (χ0) is 12.3. The number of benzene rings is 1. The molecule has 86 valence electrons. The van der Waals surface area contributed by atoms with Gasteiger partial charge in [-0.05, 0) is 17.7 Å². The van der Waals surface area contributed by atoms with Gasteiger partial charge in [0, 0.05) is 11.8 Å². The summed E-state index contributed by atoms with van der Waals surface area (Å²) in [5.74, 6) is 0.977. The summed E-state index contributed by atoms with van der Waals surface area (Å²) in [5.41, 5.74) is 2.18. The van der Waals surface area contributed by atoms with Crippen LogP contribution in [0.25, 0.3) is 11.1 Å². The van der Waals surface area contributed by atoms with Crippen LogP contribution in [0.2, 0.25) is 0 Å². The zero-order valence-corrected chi connectivity index (χ0v) is 9.52. The quantitative estimate of drug-likeness (QED) is 0.873. The third kappa shape index (κ3) is 1.93. The first-order valence-electron chi connectivity index (χ1n) is 4.95. The Kier molecular flexibility index (Phi) is 2.97. The lowest BCUT2D eigenvalue weighted by molar-refractivity contribution is 0.354. The van der Waals surface area contributed by atoms with Crippen molar-refractivity contribution in [2.24, 2.45) is 0 Å². The van der Waals surface area contributed by atoms with Crippen molar-refractivity contribution in [2.45, 2.75) is 0 Å². The lowest BCUT2D eigenvalue weighted by Crippen LogP contribution is -1.94. The van der Waals surface area contributed by atoms with Gasteiger partial charge in [-0.2, -0.15) is 10.4 Å². The molecule has 2 rings (SSSR count). The molecule has 0 radical (unpaired) electrons. The average Bonchev–Trinajstić information content (AvgIpc) is 2.90. The van der Waals surface area contributed by atoms with Crippen LogP contribution in [-0.4, -0.2) is 24.4 Å². The molecule has 0 spiro atoms. The first kappa shape index (κ1) is 11.0. The number of nitrogens with zero attached hydrogens (tertiary/aromatic N) is 2. The van der Waals surface area contributed by atoms with Gasteiger partial charge in [0.25, 0.3) is 0 Å². The number of aromatic amines is 1. The first-order chi connectivity index (χ1) is 8.30. The summed E-state index contributed by atoms with van der Waals surface area (Å²) in [7, 11) is 3.05. The van der Waals surface area contributed by atoms with Gasteiger partial charge in [-0.1, -0.05) is 0 Å². The number of nitriles is 1. The van der Waals surface area contributed by atoms with Crippen molar-refractivity contribution in [2.75, 3.05) is 14.2 Å². The van der Waals surface area contributed by atoms with E-state index in [-0.39, 0.29) is 0 Å². The van der Waals surface area contributed by atoms with Crippen molar-refractivity contribution >= 4 is 0 Å². The molecular formula is C12H11N3O2. The second kappa shape index (κ2) is 4.58. The molecule has 0 fully saturated rings. The summed E-state index contributed by atoms with van der Waals surface area (Å²) in [5, 5.41) is 15.7. The van der Waals surface area contributed by atoms with E-state index in [9.17, 15) is 0 Å². The van der Waals surface area contributed by atoms with Crippen LogP contribution in [0.4, 0.5) is 0 Å². The Hall–Kier alpha value is -2.48.